The molecule has 6 heteroatoms. The van der Waals surface area contributed by atoms with Crippen molar-refractivity contribution in [3.63, 3.8) is 0 Å². The molecule has 6 nitrogen and oxygen atoms in total. The number of oxime groups is 1. The van der Waals surface area contributed by atoms with Gasteiger partial charge in [0, 0.05) is 18.4 Å². The smallest absolute Gasteiger partial charge is 0.231 e. The fourth-order valence-electron chi connectivity index (χ4n) is 4.94. The quantitative estimate of drug-likeness (QED) is 0.652. The van der Waals surface area contributed by atoms with Gasteiger partial charge in [-0.15, -0.1) is 0 Å². The minimum absolute atomic E-state index is 0.0394. The molecule has 1 aromatic rings. The number of hydrogen-bond donors (Lipinski definition) is 2. The van der Waals surface area contributed by atoms with Crippen molar-refractivity contribution in [2.24, 2.45) is 21.4 Å². The molecule has 2 aliphatic carbocycles. The maximum absolute atomic E-state index is 13.1. The molecule has 1 amide bonds. The van der Waals surface area contributed by atoms with E-state index in [4.69, 9.17) is 9.47 Å². The molecular weight excluding hydrogens is 320 g/mol. The van der Waals surface area contributed by atoms with Crippen LogP contribution in [0.25, 0.3) is 0 Å². The topological polar surface area (TPSA) is 80.2 Å². The van der Waals surface area contributed by atoms with E-state index in [9.17, 15) is 10.0 Å². The van der Waals surface area contributed by atoms with E-state index < -0.39 is 5.41 Å². The highest BCUT2D eigenvalue weighted by atomic mass is 16.7. The van der Waals surface area contributed by atoms with Crippen LogP contribution in [0.2, 0.25) is 0 Å². The summed E-state index contributed by atoms with van der Waals surface area (Å²) in [5.41, 5.74) is 0.737. The maximum atomic E-state index is 13.1. The lowest BCUT2D eigenvalue weighted by Crippen LogP contribution is -2.46. The Balaban J connectivity index is 1.53. The highest BCUT2D eigenvalue weighted by Gasteiger charge is 2.71. The average molecular weight is 344 g/mol. The van der Waals surface area contributed by atoms with Crippen molar-refractivity contribution >= 4 is 11.6 Å². The molecule has 2 bridgehead atoms. The summed E-state index contributed by atoms with van der Waals surface area (Å²) < 4.78 is 10.7. The van der Waals surface area contributed by atoms with Crippen molar-refractivity contribution in [1.82, 2.24) is 5.32 Å². The van der Waals surface area contributed by atoms with Gasteiger partial charge in [-0.25, -0.2) is 0 Å². The number of nitrogens with one attached hydrogen (secondary N) is 1. The van der Waals surface area contributed by atoms with Crippen LogP contribution in [-0.4, -0.2) is 23.6 Å². The van der Waals surface area contributed by atoms with E-state index >= 15 is 0 Å². The Morgan fingerprint density at radius 1 is 1.24 bits per heavy atom. The predicted molar refractivity (Wildman–Crippen MR) is 91.8 cm³/mol. The summed E-state index contributed by atoms with van der Waals surface area (Å²) in [5.74, 6) is 1.49. The summed E-state index contributed by atoms with van der Waals surface area (Å²) in [7, 11) is 0. The second kappa shape index (κ2) is 5.13. The molecule has 0 radical (unpaired) electrons. The maximum Gasteiger partial charge on any atom is 0.231 e. The summed E-state index contributed by atoms with van der Waals surface area (Å²) in [6, 6.07) is 5.70. The third kappa shape index (κ3) is 1.96. The van der Waals surface area contributed by atoms with Crippen LogP contribution < -0.4 is 14.8 Å². The summed E-state index contributed by atoms with van der Waals surface area (Å²) in [4.78, 5) is 13.1. The van der Waals surface area contributed by atoms with Crippen molar-refractivity contribution < 1.29 is 19.5 Å². The average Bonchev–Trinajstić information content (AvgIpc) is 3.19. The Kier molecular flexibility index (Phi) is 3.33. The third-order valence-corrected chi connectivity index (χ3v) is 7.18. The molecule has 1 aromatic carbocycles. The molecule has 0 saturated heterocycles. The van der Waals surface area contributed by atoms with Crippen LogP contribution in [0.1, 0.15) is 45.6 Å². The van der Waals surface area contributed by atoms with Crippen molar-refractivity contribution in [2.45, 2.75) is 46.6 Å². The van der Waals surface area contributed by atoms with Crippen molar-refractivity contribution in [1.29, 1.82) is 0 Å². The zero-order valence-electron chi connectivity index (χ0n) is 14.9. The SMILES string of the molecule is CC12CCC(C(=O)NCc3ccc4c(c3)OCO4)(C/C1=N\O)C2(C)C. The first-order valence-corrected chi connectivity index (χ1v) is 8.72. The van der Waals surface area contributed by atoms with Gasteiger partial charge in [-0.3, -0.25) is 4.79 Å². The normalized spacial score (nSPS) is 33.0. The van der Waals surface area contributed by atoms with E-state index in [2.05, 4.69) is 31.2 Å². The van der Waals surface area contributed by atoms with E-state index in [1.54, 1.807) is 0 Å². The van der Waals surface area contributed by atoms with Gasteiger partial charge in [0.05, 0.1) is 11.1 Å². The van der Waals surface area contributed by atoms with Crippen LogP contribution in [0.5, 0.6) is 11.5 Å². The van der Waals surface area contributed by atoms with Crippen LogP contribution in [-0.2, 0) is 11.3 Å². The Bertz CT molecular complexity index is 773. The van der Waals surface area contributed by atoms with Gasteiger partial charge in [-0.05, 0) is 36.0 Å². The lowest BCUT2D eigenvalue weighted by atomic mass is 9.64. The molecule has 2 saturated carbocycles. The lowest BCUT2D eigenvalue weighted by Gasteiger charge is -2.39. The van der Waals surface area contributed by atoms with Crippen LogP contribution >= 0.6 is 0 Å². The largest absolute Gasteiger partial charge is 0.454 e. The van der Waals surface area contributed by atoms with Gasteiger partial charge in [0.1, 0.15) is 0 Å². The van der Waals surface area contributed by atoms with Gasteiger partial charge in [0.25, 0.3) is 0 Å². The van der Waals surface area contributed by atoms with Gasteiger partial charge in [0.2, 0.25) is 12.7 Å². The second-order valence-electron chi connectivity index (χ2n) is 8.13. The number of rotatable bonds is 3. The molecular formula is C19H24N2O4. The minimum Gasteiger partial charge on any atom is -0.454 e. The van der Waals surface area contributed by atoms with E-state index in [1.807, 2.05) is 18.2 Å². The highest BCUT2D eigenvalue weighted by molar-refractivity contribution is 6.02. The van der Waals surface area contributed by atoms with E-state index in [1.165, 1.54) is 0 Å². The summed E-state index contributed by atoms with van der Waals surface area (Å²) in [6.07, 6.45) is 2.22. The second-order valence-corrected chi connectivity index (χ2v) is 8.13. The summed E-state index contributed by atoms with van der Waals surface area (Å²) in [6.45, 7) is 7.04. The first-order chi connectivity index (χ1) is 11.8. The van der Waals surface area contributed by atoms with Gasteiger partial charge in [0.15, 0.2) is 11.5 Å². The van der Waals surface area contributed by atoms with Crippen LogP contribution in [0.3, 0.4) is 0 Å². The Labute approximate surface area is 147 Å². The molecule has 4 rings (SSSR count). The van der Waals surface area contributed by atoms with Crippen LogP contribution in [0.15, 0.2) is 23.4 Å². The molecule has 2 N–H and O–H groups in total. The van der Waals surface area contributed by atoms with Crippen LogP contribution in [0, 0.1) is 16.2 Å². The van der Waals surface area contributed by atoms with E-state index in [0.29, 0.717) is 18.7 Å². The molecule has 3 aliphatic rings. The summed E-state index contributed by atoms with van der Waals surface area (Å²) in [5, 5.41) is 16.0. The molecule has 2 fully saturated rings. The number of amides is 1. The van der Waals surface area contributed by atoms with E-state index in [-0.39, 0.29) is 23.5 Å². The molecule has 134 valence electrons. The van der Waals surface area contributed by atoms with Gasteiger partial charge < -0.3 is 20.0 Å². The van der Waals surface area contributed by atoms with E-state index in [0.717, 1.165) is 29.9 Å². The molecule has 0 aromatic heterocycles. The zero-order chi connectivity index (χ0) is 17.9. The van der Waals surface area contributed by atoms with Gasteiger partial charge in [-0.1, -0.05) is 32.0 Å². The highest BCUT2D eigenvalue weighted by Crippen LogP contribution is 2.70. The first kappa shape index (κ1) is 16.2. The van der Waals surface area contributed by atoms with Gasteiger partial charge in [-0.2, -0.15) is 0 Å². The first-order valence-electron chi connectivity index (χ1n) is 8.72. The standard InChI is InChI=1S/C19H24N2O4/c1-17(2)18(3)6-7-19(17,9-15(18)21-23)16(22)20-10-12-4-5-13-14(8-12)25-11-24-13/h4-5,8,23H,6-7,9-11H2,1-3H3,(H,20,22)/b21-15+. The minimum atomic E-state index is -0.514. The van der Waals surface area contributed by atoms with Crippen molar-refractivity contribution in [3.8, 4) is 11.5 Å². The number of carbonyl (C=O) groups excluding carboxylic acids is 1. The Morgan fingerprint density at radius 2 is 2.00 bits per heavy atom. The van der Waals surface area contributed by atoms with Crippen molar-refractivity contribution in [3.05, 3.63) is 23.8 Å². The number of hydrogen-bond acceptors (Lipinski definition) is 5. The number of benzene rings is 1. The molecule has 1 heterocycles. The molecule has 0 spiro atoms. The zero-order valence-corrected chi connectivity index (χ0v) is 14.9. The van der Waals surface area contributed by atoms with Crippen LogP contribution in [0.4, 0.5) is 0 Å². The molecule has 1 aliphatic heterocycles. The number of fused-ring (bicyclic) bond motifs is 3. The lowest BCUT2D eigenvalue weighted by molar-refractivity contribution is -0.136. The monoisotopic (exact) mass is 344 g/mol. The van der Waals surface area contributed by atoms with Gasteiger partial charge >= 0.3 is 0 Å². The molecule has 25 heavy (non-hydrogen) atoms. The Hall–Kier alpha value is -2.24. The fourth-order valence-corrected chi connectivity index (χ4v) is 4.94. The predicted octanol–water partition coefficient (Wildman–Crippen LogP) is 3.08. The third-order valence-electron chi connectivity index (χ3n) is 7.18. The summed E-state index contributed by atoms with van der Waals surface area (Å²) >= 11 is 0. The fraction of sp³-hybridized carbons (Fsp3) is 0.579. The Morgan fingerprint density at radius 3 is 2.72 bits per heavy atom. The number of nitrogens with zero attached hydrogens (tertiary/aromatic N) is 1. The number of carbonyl (C=O) groups is 1. The van der Waals surface area contributed by atoms with Crippen molar-refractivity contribution in [2.75, 3.05) is 6.79 Å². The molecule has 2 unspecified atom stereocenters. The molecule has 2 atom stereocenters. The number of ether oxygens (including phenoxy) is 2.